The Kier molecular flexibility index (Phi) is 6.82. The van der Waals surface area contributed by atoms with Gasteiger partial charge in [0.2, 0.25) is 0 Å². The standard InChI is InChI=1S/C15H11BrFIN3O4/c1-25-14-3-11(17)13(21(23)24)4-12(14)20-15-6-18-5-9(7-19-15)2-10(16)8-22/h2-8,20H,1H3/q-1/b10-2+. The van der Waals surface area contributed by atoms with E-state index in [-0.39, 0.29) is 11.4 Å². The third kappa shape index (κ3) is 5.19. The van der Waals surface area contributed by atoms with Gasteiger partial charge in [-0.05, 0) is 0 Å². The molecule has 1 heterocycles. The first-order valence-electron chi connectivity index (χ1n) is 6.62. The summed E-state index contributed by atoms with van der Waals surface area (Å²) in [5.74, 6) is -0.404. The predicted molar refractivity (Wildman–Crippen MR) is 91.0 cm³/mol. The molecule has 1 aliphatic heterocycles. The maximum absolute atomic E-state index is 13.7. The number of rotatable bonds is 6. The van der Waals surface area contributed by atoms with E-state index in [1.165, 1.54) is 7.11 Å². The molecule has 1 N–H and O–H groups in total. The number of aliphatic imine (C=N–C) groups is 1. The van der Waals surface area contributed by atoms with Gasteiger partial charge < -0.3 is 0 Å². The van der Waals surface area contributed by atoms with Crippen LogP contribution in [0, 0.1) is 15.9 Å². The van der Waals surface area contributed by atoms with Gasteiger partial charge in [0.1, 0.15) is 0 Å². The van der Waals surface area contributed by atoms with Gasteiger partial charge in [-0.25, -0.2) is 0 Å². The number of hydrogen-bond donors (Lipinski definition) is 1. The number of nitrogens with one attached hydrogen (secondary N) is 1. The Morgan fingerprint density at radius 2 is 2.24 bits per heavy atom. The summed E-state index contributed by atoms with van der Waals surface area (Å²) < 4.78 is 22.9. The van der Waals surface area contributed by atoms with Crippen molar-refractivity contribution in [2.24, 2.45) is 4.99 Å². The van der Waals surface area contributed by atoms with Gasteiger partial charge in [-0.1, -0.05) is 0 Å². The van der Waals surface area contributed by atoms with Crippen molar-refractivity contribution in [3.8, 4) is 5.75 Å². The topological polar surface area (TPSA) is 93.8 Å². The quantitative estimate of drug-likeness (QED) is 0.193. The molecule has 0 unspecified atom stereocenters. The Morgan fingerprint density at radius 3 is 2.88 bits per heavy atom. The van der Waals surface area contributed by atoms with Crippen molar-refractivity contribution < 1.29 is 40.1 Å². The minimum atomic E-state index is -0.981. The molecule has 2 rings (SSSR count). The molecule has 0 saturated heterocycles. The van der Waals surface area contributed by atoms with E-state index in [2.05, 4.69) is 26.2 Å². The van der Waals surface area contributed by atoms with Crippen molar-refractivity contribution in [2.45, 2.75) is 0 Å². The van der Waals surface area contributed by atoms with Crippen LogP contribution in [0.4, 0.5) is 15.8 Å². The number of halogens is 3. The molecule has 25 heavy (non-hydrogen) atoms. The van der Waals surface area contributed by atoms with Gasteiger partial charge in [0.05, 0.1) is 0 Å². The summed E-state index contributed by atoms with van der Waals surface area (Å²) in [6.45, 7) is 0. The first-order valence-corrected chi connectivity index (χ1v) is 9.90. The van der Waals surface area contributed by atoms with E-state index >= 15 is 0 Å². The Bertz CT molecular complexity index is 836. The Labute approximate surface area is 160 Å². The molecule has 0 spiro atoms. The molecule has 0 aromatic heterocycles. The molecule has 1 aromatic carbocycles. The number of methoxy groups -OCH3 is 1. The second-order valence-electron chi connectivity index (χ2n) is 4.52. The molecule has 132 valence electrons. The van der Waals surface area contributed by atoms with E-state index in [0.717, 1.165) is 17.7 Å². The molecule has 0 saturated carbocycles. The van der Waals surface area contributed by atoms with Crippen molar-refractivity contribution >= 4 is 39.8 Å². The molecule has 0 amide bonds. The van der Waals surface area contributed by atoms with Crippen LogP contribution in [0.1, 0.15) is 0 Å². The number of ether oxygens (including phenoxy) is 1. The molecule has 0 radical (unpaired) electrons. The molecule has 7 nitrogen and oxygen atoms in total. The van der Waals surface area contributed by atoms with E-state index < -0.39 is 37.6 Å². The van der Waals surface area contributed by atoms with E-state index in [0.29, 0.717) is 16.6 Å². The van der Waals surface area contributed by atoms with Crippen molar-refractivity contribution in [1.82, 2.24) is 0 Å². The van der Waals surface area contributed by atoms with E-state index in [1.807, 2.05) is 8.17 Å². The number of carbonyl (C=O) groups is 1. The van der Waals surface area contributed by atoms with Crippen LogP contribution < -0.4 is 31.3 Å². The fourth-order valence-electron chi connectivity index (χ4n) is 1.77. The van der Waals surface area contributed by atoms with Crippen molar-refractivity contribution in [1.29, 1.82) is 0 Å². The fourth-order valence-corrected chi connectivity index (χ4v) is 3.63. The van der Waals surface area contributed by atoms with Crippen molar-refractivity contribution in [2.75, 3.05) is 12.4 Å². The molecular weight excluding hydrogens is 512 g/mol. The average molecular weight is 523 g/mol. The molecule has 1 aliphatic rings. The molecule has 0 aliphatic carbocycles. The van der Waals surface area contributed by atoms with E-state index in [1.54, 1.807) is 12.3 Å². The second kappa shape index (κ2) is 8.85. The van der Waals surface area contributed by atoms with Crippen LogP contribution in [0.25, 0.3) is 0 Å². The first kappa shape index (κ1) is 19.2. The summed E-state index contributed by atoms with van der Waals surface area (Å²) in [6, 6.07) is 2.01. The number of nitro groups is 1. The first-order chi connectivity index (χ1) is 11.9. The fraction of sp³-hybridized carbons (Fsp3) is 0.0667. The number of benzene rings is 1. The average Bonchev–Trinajstić information content (AvgIpc) is 2.80. The van der Waals surface area contributed by atoms with Gasteiger partial charge in [0.15, 0.2) is 0 Å². The summed E-state index contributed by atoms with van der Waals surface area (Å²) in [7, 11) is 1.34. The van der Waals surface area contributed by atoms with E-state index in [9.17, 15) is 19.3 Å². The number of anilines is 1. The monoisotopic (exact) mass is 522 g/mol. The number of carbonyl (C=O) groups excluding carboxylic acids is 1. The minimum absolute atomic E-state index is 0.124. The molecular formula is C15H11BrFIN3O4-. The summed E-state index contributed by atoms with van der Waals surface area (Å²) in [4.78, 5) is 25.0. The summed E-state index contributed by atoms with van der Waals surface area (Å²) >= 11 is 2.60. The summed E-state index contributed by atoms with van der Waals surface area (Å²) in [5.41, 5.74) is 0.334. The summed E-state index contributed by atoms with van der Waals surface area (Å²) in [5, 5.41) is 13.8. The number of nitro benzene ring substituents is 1. The van der Waals surface area contributed by atoms with Crippen molar-refractivity contribution in [3.05, 3.63) is 58.2 Å². The third-order valence-electron chi connectivity index (χ3n) is 2.85. The zero-order valence-electron chi connectivity index (χ0n) is 12.7. The number of allylic oxidation sites excluding steroid dienone is 3. The zero-order chi connectivity index (χ0) is 18.4. The Morgan fingerprint density at radius 1 is 1.48 bits per heavy atom. The van der Waals surface area contributed by atoms with Crippen LogP contribution in [0.2, 0.25) is 0 Å². The predicted octanol–water partition coefficient (Wildman–Crippen LogP) is 0.488. The Hall–Kier alpha value is -2.08. The van der Waals surface area contributed by atoms with Gasteiger partial charge in [0.25, 0.3) is 0 Å². The van der Waals surface area contributed by atoms with Gasteiger partial charge in [-0.2, -0.15) is 0 Å². The molecule has 10 heteroatoms. The Balaban J connectivity index is 2.27. The van der Waals surface area contributed by atoms with Gasteiger partial charge in [0, 0.05) is 0 Å². The number of aldehydes is 1. The zero-order valence-corrected chi connectivity index (χ0v) is 16.4. The third-order valence-corrected chi connectivity index (χ3v) is 5.30. The SMILES string of the molecule is COc1cc(F)c([N+](=O)[O-])cc1NC1=C[I-]C=C(/C=C(/Br)C=O)C=N1. The molecule has 0 atom stereocenters. The number of hydrogen-bond acceptors (Lipinski definition) is 6. The molecule has 0 fully saturated rings. The molecule has 0 bridgehead atoms. The van der Waals surface area contributed by atoms with Crippen LogP contribution >= 0.6 is 15.9 Å². The van der Waals surface area contributed by atoms with Gasteiger partial charge >= 0.3 is 161 Å². The normalized spacial score (nSPS) is 14.6. The van der Waals surface area contributed by atoms with Gasteiger partial charge in [-0.3, -0.25) is 0 Å². The van der Waals surface area contributed by atoms with E-state index in [4.69, 9.17) is 4.74 Å². The number of nitrogens with zero attached hydrogens (tertiary/aromatic N) is 2. The second-order valence-corrected chi connectivity index (χ2v) is 7.40. The van der Waals surface area contributed by atoms with Crippen LogP contribution in [-0.2, 0) is 4.79 Å². The van der Waals surface area contributed by atoms with Crippen LogP contribution in [0.5, 0.6) is 5.75 Å². The van der Waals surface area contributed by atoms with Gasteiger partial charge in [-0.15, -0.1) is 0 Å². The van der Waals surface area contributed by atoms with Crippen molar-refractivity contribution in [3.63, 3.8) is 0 Å². The summed E-state index contributed by atoms with van der Waals surface area (Å²) in [6.07, 6.45) is 3.87. The molecule has 1 aromatic rings. The van der Waals surface area contributed by atoms with Crippen LogP contribution in [0.15, 0.2) is 47.2 Å². The van der Waals surface area contributed by atoms with Crippen LogP contribution in [0.3, 0.4) is 0 Å². The van der Waals surface area contributed by atoms with Crippen LogP contribution in [-0.4, -0.2) is 24.5 Å². The maximum atomic E-state index is 13.7.